The zero-order valence-electron chi connectivity index (χ0n) is 29.9. The summed E-state index contributed by atoms with van der Waals surface area (Å²) in [5, 5.41) is -0.730. The molecular weight excluding hydrogens is 695 g/mol. The molecule has 0 saturated carbocycles. The van der Waals surface area contributed by atoms with Gasteiger partial charge in [-0.1, -0.05) is 158 Å². The van der Waals surface area contributed by atoms with Crippen molar-refractivity contribution in [1.82, 2.24) is 4.90 Å². The smallest absolute Gasteiger partial charge is 0.335 e. The molecule has 0 bridgehead atoms. The number of fused-ring (bicyclic) bond motifs is 2. The monoisotopic (exact) mass is 733 g/mol. The van der Waals surface area contributed by atoms with E-state index in [0.29, 0.717) is 5.56 Å². The maximum Gasteiger partial charge on any atom is 0.335 e. The molecule has 2 fully saturated rings. The standard InChI is InChI=1S/C46H39NO6S/c1-45(2)40(42(50)53-39(33-24-14-6-15-25-33)34-26-16-7-17-27-34)47-43(51)46(44(47)54-45)36(41(49)52-29-30-18-8-3-9-19-30)28-35(31-20-10-4-11-21-31)37(46)38(48)32-22-12-5-13-23-32/h3-28,35,37,39-40,44H,29H2,1-2H3/t35-,37-,40+,44-,46-/m1/s1. The van der Waals surface area contributed by atoms with Gasteiger partial charge in [-0.05, 0) is 36.1 Å². The highest BCUT2D eigenvalue weighted by Crippen LogP contribution is 2.69. The Morgan fingerprint density at radius 2 is 1.24 bits per heavy atom. The highest BCUT2D eigenvalue weighted by molar-refractivity contribution is 8.01. The van der Waals surface area contributed by atoms with E-state index in [9.17, 15) is 14.4 Å². The van der Waals surface area contributed by atoms with Gasteiger partial charge in [0.2, 0.25) is 5.91 Å². The minimum atomic E-state index is -1.60. The lowest BCUT2D eigenvalue weighted by atomic mass is 9.61. The largest absolute Gasteiger partial charge is 0.457 e. The van der Waals surface area contributed by atoms with Crippen molar-refractivity contribution in [2.75, 3.05) is 0 Å². The van der Waals surface area contributed by atoms with Gasteiger partial charge in [0.05, 0.1) is 16.9 Å². The summed E-state index contributed by atoms with van der Waals surface area (Å²) < 4.78 is 11.5. The van der Waals surface area contributed by atoms with E-state index in [0.717, 1.165) is 22.3 Å². The Hall–Kier alpha value is -5.73. The van der Waals surface area contributed by atoms with Crippen LogP contribution >= 0.6 is 11.8 Å². The summed E-state index contributed by atoms with van der Waals surface area (Å²) in [6.07, 6.45) is 1.05. The SMILES string of the molecule is CC1(C)S[C@H]2N(C(=O)[C@]23C(C(=O)OCc2ccccc2)=C[C@H](c2ccccc2)[C@@H]3C(=O)c2ccccc2)[C@H]1C(=O)OC(c1ccccc1)c1ccccc1. The van der Waals surface area contributed by atoms with E-state index >= 15 is 4.79 Å². The zero-order valence-corrected chi connectivity index (χ0v) is 30.7. The molecule has 1 amide bonds. The average molecular weight is 734 g/mol. The number of carbonyl (C=O) groups excluding carboxylic acids is 4. The lowest BCUT2D eigenvalue weighted by molar-refractivity contribution is -0.178. The van der Waals surface area contributed by atoms with E-state index in [-0.39, 0.29) is 18.0 Å². The molecule has 1 spiro atoms. The molecule has 2 saturated heterocycles. The molecule has 8 rings (SSSR count). The molecule has 270 valence electrons. The molecule has 2 aliphatic heterocycles. The Bertz CT molecular complexity index is 2170. The highest BCUT2D eigenvalue weighted by Gasteiger charge is 2.79. The highest BCUT2D eigenvalue weighted by atomic mass is 32.2. The molecular formula is C46H39NO6S. The normalized spacial score (nSPS) is 23.7. The predicted octanol–water partition coefficient (Wildman–Crippen LogP) is 8.33. The number of hydrogen-bond donors (Lipinski definition) is 0. The first-order valence-corrected chi connectivity index (χ1v) is 19.0. The fourth-order valence-corrected chi connectivity index (χ4v) is 10.2. The number of ether oxygens (including phenoxy) is 2. The number of Topliss-reactive ketones (excluding diaryl/α,β-unsaturated/α-hetero) is 1. The fraction of sp³-hybridized carbons (Fsp3) is 0.217. The number of ketones is 1. The van der Waals surface area contributed by atoms with Gasteiger partial charge < -0.3 is 14.4 Å². The lowest BCUT2D eigenvalue weighted by Gasteiger charge is -2.55. The van der Waals surface area contributed by atoms with Crippen molar-refractivity contribution in [1.29, 1.82) is 0 Å². The van der Waals surface area contributed by atoms with E-state index in [4.69, 9.17) is 9.47 Å². The number of β-lactam (4-membered cyclic amide) rings is 1. The third-order valence-corrected chi connectivity index (χ3v) is 12.5. The third kappa shape index (κ3) is 5.95. The summed E-state index contributed by atoms with van der Waals surface area (Å²) in [5.41, 5.74) is 2.17. The Balaban J connectivity index is 1.21. The molecule has 0 aromatic heterocycles. The van der Waals surface area contributed by atoms with Crippen molar-refractivity contribution in [2.24, 2.45) is 11.3 Å². The van der Waals surface area contributed by atoms with Crippen molar-refractivity contribution in [3.63, 3.8) is 0 Å². The molecule has 1 aliphatic carbocycles. The van der Waals surface area contributed by atoms with Crippen LogP contribution in [0.4, 0.5) is 0 Å². The first-order chi connectivity index (χ1) is 26.2. The minimum absolute atomic E-state index is 0.00306. The lowest BCUT2D eigenvalue weighted by Crippen LogP contribution is -2.73. The summed E-state index contributed by atoms with van der Waals surface area (Å²) in [4.78, 5) is 60.7. The maximum absolute atomic E-state index is 15.3. The van der Waals surface area contributed by atoms with Crippen LogP contribution in [0.1, 0.15) is 58.5 Å². The second-order valence-electron chi connectivity index (χ2n) is 14.5. The van der Waals surface area contributed by atoms with E-state index in [2.05, 4.69) is 0 Å². The van der Waals surface area contributed by atoms with Gasteiger partial charge in [0.15, 0.2) is 11.9 Å². The molecule has 5 atom stereocenters. The number of benzene rings is 5. The summed E-state index contributed by atoms with van der Waals surface area (Å²) in [6.45, 7) is 3.83. The summed E-state index contributed by atoms with van der Waals surface area (Å²) in [5.74, 6) is -3.52. The number of allylic oxidation sites excluding steroid dienone is 1. The van der Waals surface area contributed by atoms with Crippen LogP contribution in [0, 0.1) is 11.3 Å². The molecule has 5 aromatic carbocycles. The molecule has 8 heteroatoms. The number of carbonyl (C=O) groups is 4. The van der Waals surface area contributed by atoms with Crippen LogP contribution < -0.4 is 0 Å². The number of rotatable bonds is 10. The topological polar surface area (TPSA) is 90.0 Å². The van der Waals surface area contributed by atoms with E-state index in [1.807, 2.05) is 141 Å². The molecule has 0 unspecified atom stereocenters. The number of amides is 1. The van der Waals surface area contributed by atoms with E-state index in [1.165, 1.54) is 11.8 Å². The molecule has 54 heavy (non-hydrogen) atoms. The van der Waals surface area contributed by atoms with Crippen LogP contribution in [0.5, 0.6) is 0 Å². The molecule has 5 aromatic rings. The van der Waals surface area contributed by atoms with Crippen LogP contribution in [0.25, 0.3) is 0 Å². The number of thioether (sulfide) groups is 1. The number of nitrogens with zero attached hydrogens (tertiary/aromatic N) is 1. The summed E-state index contributed by atoms with van der Waals surface area (Å²) >= 11 is 1.43. The average Bonchev–Trinajstić information content (AvgIpc) is 3.72. The van der Waals surface area contributed by atoms with Crippen molar-refractivity contribution in [3.05, 3.63) is 191 Å². The first kappa shape index (κ1) is 35.3. The molecule has 0 N–H and O–H groups in total. The van der Waals surface area contributed by atoms with E-state index < -0.39 is 57.4 Å². The predicted molar refractivity (Wildman–Crippen MR) is 207 cm³/mol. The molecule has 3 aliphatic rings. The first-order valence-electron chi connectivity index (χ1n) is 18.1. The molecule has 7 nitrogen and oxygen atoms in total. The van der Waals surface area contributed by atoms with Crippen molar-refractivity contribution >= 4 is 35.4 Å². The Morgan fingerprint density at radius 1 is 0.722 bits per heavy atom. The van der Waals surface area contributed by atoms with Crippen LogP contribution in [-0.2, 0) is 30.5 Å². The van der Waals surface area contributed by atoms with Crippen molar-refractivity contribution in [2.45, 2.75) is 48.6 Å². The Kier molecular flexibility index (Phi) is 9.32. The number of hydrogen-bond acceptors (Lipinski definition) is 7. The molecule has 2 heterocycles. The Labute approximate surface area is 319 Å². The third-order valence-electron chi connectivity index (χ3n) is 10.8. The number of esters is 2. The van der Waals surface area contributed by atoms with Gasteiger partial charge in [-0.2, -0.15) is 0 Å². The van der Waals surface area contributed by atoms with Crippen LogP contribution in [0.3, 0.4) is 0 Å². The van der Waals surface area contributed by atoms with E-state index in [1.54, 1.807) is 35.2 Å². The van der Waals surface area contributed by atoms with Gasteiger partial charge in [0.25, 0.3) is 0 Å². The van der Waals surface area contributed by atoms with Gasteiger partial charge in [-0.3, -0.25) is 9.59 Å². The van der Waals surface area contributed by atoms with Crippen LogP contribution in [-0.4, -0.2) is 44.7 Å². The summed E-state index contributed by atoms with van der Waals surface area (Å²) in [7, 11) is 0. The molecule has 0 radical (unpaired) electrons. The quantitative estimate of drug-likeness (QED) is 0.0810. The van der Waals surface area contributed by atoms with Crippen molar-refractivity contribution < 1.29 is 28.7 Å². The second kappa shape index (κ2) is 14.3. The van der Waals surface area contributed by atoms with Crippen LogP contribution in [0.2, 0.25) is 0 Å². The maximum atomic E-state index is 15.3. The Morgan fingerprint density at radius 3 is 1.81 bits per heavy atom. The minimum Gasteiger partial charge on any atom is -0.457 e. The van der Waals surface area contributed by atoms with Gasteiger partial charge in [-0.25, -0.2) is 9.59 Å². The van der Waals surface area contributed by atoms with Crippen molar-refractivity contribution in [3.8, 4) is 0 Å². The zero-order chi connectivity index (χ0) is 37.5. The van der Waals surface area contributed by atoms with Gasteiger partial charge in [0.1, 0.15) is 18.1 Å². The summed E-state index contributed by atoms with van der Waals surface area (Å²) in [6, 6.07) is 45.7. The second-order valence-corrected chi connectivity index (χ2v) is 16.2. The van der Waals surface area contributed by atoms with Crippen LogP contribution in [0.15, 0.2) is 163 Å². The van der Waals surface area contributed by atoms with Gasteiger partial charge in [-0.15, -0.1) is 11.8 Å². The van der Waals surface area contributed by atoms with Gasteiger partial charge in [0, 0.05) is 16.2 Å². The van der Waals surface area contributed by atoms with Gasteiger partial charge >= 0.3 is 11.9 Å². The fourth-order valence-electron chi connectivity index (χ4n) is 8.38.